The van der Waals surface area contributed by atoms with Gasteiger partial charge >= 0.3 is 0 Å². The van der Waals surface area contributed by atoms with Crippen LogP contribution in [0.1, 0.15) is 11.1 Å². The standard InChI is InChI=1S/C23H20BrN3O2/c24-20-5-3-4-17(13-20)18(14-25)12-19-15-27(22-7-2-1-6-21(19)22)16-23(28)26-8-10-29-11-9-26/h1-7,12-13,15H,8-11,16H2. The number of morpholine rings is 1. The van der Waals surface area contributed by atoms with Crippen LogP contribution in [0.2, 0.25) is 0 Å². The minimum absolute atomic E-state index is 0.0806. The monoisotopic (exact) mass is 449 g/mol. The molecule has 0 unspecified atom stereocenters. The molecule has 2 aromatic carbocycles. The molecule has 3 aromatic rings. The highest BCUT2D eigenvalue weighted by Gasteiger charge is 2.18. The Labute approximate surface area is 177 Å². The van der Waals surface area contributed by atoms with E-state index in [2.05, 4.69) is 22.0 Å². The third kappa shape index (κ3) is 4.26. The van der Waals surface area contributed by atoms with Gasteiger partial charge in [0.05, 0.1) is 24.9 Å². The number of carbonyl (C=O) groups is 1. The fourth-order valence-corrected chi connectivity index (χ4v) is 3.97. The molecule has 5 nitrogen and oxygen atoms in total. The van der Waals surface area contributed by atoms with Gasteiger partial charge in [-0.1, -0.05) is 46.3 Å². The summed E-state index contributed by atoms with van der Waals surface area (Å²) in [5, 5.41) is 10.7. The number of nitrogens with zero attached hydrogens (tertiary/aromatic N) is 3. The second-order valence-electron chi connectivity index (χ2n) is 6.90. The Balaban J connectivity index is 1.70. The van der Waals surface area contributed by atoms with Crippen molar-refractivity contribution >= 4 is 44.4 Å². The highest BCUT2D eigenvalue weighted by atomic mass is 79.9. The zero-order valence-corrected chi connectivity index (χ0v) is 17.4. The Morgan fingerprint density at radius 3 is 2.72 bits per heavy atom. The summed E-state index contributed by atoms with van der Waals surface area (Å²) in [6, 6.07) is 18.0. The topological polar surface area (TPSA) is 58.3 Å². The van der Waals surface area contributed by atoms with E-state index >= 15 is 0 Å². The fraction of sp³-hybridized carbons (Fsp3) is 0.217. The molecule has 6 heteroatoms. The van der Waals surface area contributed by atoms with Crippen LogP contribution in [0.4, 0.5) is 0 Å². The molecule has 0 N–H and O–H groups in total. The van der Waals surface area contributed by atoms with Gasteiger partial charge in [0.25, 0.3) is 0 Å². The summed E-state index contributed by atoms with van der Waals surface area (Å²) in [5.74, 6) is 0.0806. The molecule has 4 rings (SSSR count). The molecule has 1 saturated heterocycles. The van der Waals surface area contributed by atoms with Gasteiger partial charge in [0.2, 0.25) is 5.91 Å². The summed E-state index contributed by atoms with van der Waals surface area (Å²) < 4.78 is 8.23. The van der Waals surface area contributed by atoms with Gasteiger partial charge < -0.3 is 14.2 Å². The van der Waals surface area contributed by atoms with Crippen LogP contribution >= 0.6 is 15.9 Å². The SMILES string of the molecule is N#CC(=Cc1cn(CC(=O)N2CCOCC2)c2ccccc12)c1cccc(Br)c1. The van der Waals surface area contributed by atoms with Crippen molar-refractivity contribution in [1.82, 2.24) is 9.47 Å². The van der Waals surface area contributed by atoms with E-state index in [1.54, 1.807) is 0 Å². The van der Waals surface area contributed by atoms with Crippen molar-refractivity contribution in [3.05, 3.63) is 70.3 Å². The first-order chi connectivity index (χ1) is 14.2. The van der Waals surface area contributed by atoms with Crippen molar-refractivity contribution in [1.29, 1.82) is 5.26 Å². The first-order valence-electron chi connectivity index (χ1n) is 9.47. The molecule has 0 radical (unpaired) electrons. The normalized spacial score (nSPS) is 14.8. The third-order valence-corrected chi connectivity index (χ3v) is 5.54. The first kappa shape index (κ1) is 19.4. The van der Waals surface area contributed by atoms with Crippen LogP contribution in [0.15, 0.2) is 59.2 Å². The number of aromatic nitrogens is 1. The van der Waals surface area contributed by atoms with E-state index in [-0.39, 0.29) is 12.5 Å². The van der Waals surface area contributed by atoms with E-state index in [0.29, 0.717) is 31.9 Å². The molecule has 29 heavy (non-hydrogen) atoms. The number of nitriles is 1. The molecule has 0 bridgehead atoms. The molecule has 0 saturated carbocycles. The second kappa shape index (κ2) is 8.64. The quantitative estimate of drug-likeness (QED) is 0.557. The number of para-hydroxylation sites is 1. The van der Waals surface area contributed by atoms with E-state index in [0.717, 1.165) is 26.5 Å². The molecule has 1 aliphatic rings. The number of allylic oxidation sites excluding steroid dienone is 1. The van der Waals surface area contributed by atoms with Gasteiger partial charge in [-0.3, -0.25) is 4.79 Å². The Morgan fingerprint density at radius 1 is 1.17 bits per heavy atom. The number of hydrogen-bond acceptors (Lipinski definition) is 3. The minimum Gasteiger partial charge on any atom is -0.378 e. The van der Waals surface area contributed by atoms with Gasteiger partial charge in [0, 0.05) is 40.2 Å². The van der Waals surface area contributed by atoms with Gasteiger partial charge in [-0.2, -0.15) is 5.26 Å². The number of halogens is 1. The van der Waals surface area contributed by atoms with Crippen molar-refractivity contribution in [3.63, 3.8) is 0 Å². The maximum Gasteiger partial charge on any atom is 0.242 e. The Kier molecular flexibility index (Phi) is 5.79. The second-order valence-corrected chi connectivity index (χ2v) is 7.82. The first-order valence-corrected chi connectivity index (χ1v) is 10.3. The van der Waals surface area contributed by atoms with Crippen LogP contribution in [0.5, 0.6) is 0 Å². The van der Waals surface area contributed by atoms with E-state index in [4.69, 9.17) is 4.74 Å². The van der Waals surface area contributed by atoms with Crippen LogP contribution in [0.25, 0.3) is 22.6 Å². The van der Waals surface area contributed by atoms with E-state index in [1.165, 1.54) is 0 Å². The minimum atomic E-state index is 0.0806. The third-order valence-electron chi connectivity index (χ3n) is 5.04. The largest absolute Gasteiger partial charge is 0.378 e. The average Bonchev–Trinajstić information content (AvgIpc) is 3.10. The number of rotatable bonds is 4. The summed E-state index contributed by atoms with van der Waals surface area (Å²) in [6.07, 6.45) is 3.85. The molecule has 1 aliphatic heterocycles. The van der Waals surface area contributed by atoms with E-state index in [9.17, 15) is 10.1 Å². The Bertz CT molecular complexity index is 1120. The van der Waals surface area contributed by atoms with Gasteiger partial charge in [0.1, 0.15) is 6.54 Å². The van der Waals surface area contributed by atoms with E-state index in [1.807, 2.05) is 70.3 Å². The average molecular weight is 450 g/mol. The lowest BCUT2D eigenvalue weighted by Gasteiger charge is -2.27. The zero-order chi connectivity index (χ0) is 20.2. The fourth-order valence-electron chi connectivity index (χ4n) is 3.57. The Hall–Kier alpha value is -2.88. The van der Waals surface area contributed by atoms with Crippen molar-refractivity contribution in [2.45, 2.75) is 6.54 Å². The van der Waals surface area contributed by atoms with Gasteiger partial charge in [-0.25, -0.2) is 0 Å². The molecule has 2 heterocycles. The maximum absolute atomic E-state index is 12.7. The molecule has 1 fully saturated rings. The smallest absolute Gasteiger partial charge is 0.242 e. The lowest BCUT2D eigenvalue weighted by molar-refractivity contribution is -0.135. The maximum atomic E-state index is 12.7. The molecular formula is C23H20BrN3O2. The number of fused-ring (bicyclic) bond motifs is 1. The summed E-state index contributed by atoms with van der Waals surface area (Å²) in [4.78, 5) is 14.6. The van der Waals surface area contributed by atoms with Crippen LogP contribution in [0, 0.1) is 11.3 Å². The lowest BCUT2D eigenvalue weighted by Crippen LogP contribution is -2.42. The van der Waals surface area contributed by atoms with Crippen LogP contribution in [-0.2, 0) is 16.1 Å². The molecule has 0 atom stereocenters. The van der Waals surface area contributed by atoms with Crippen LogP contribution in [0.3, 0.4) is 0 Å². The zero-order valence-electron chi connectivity index (χ0n) is 15.8. The highest BCUT2D eigenvalue weighted by Crippen LogP contribution is 2.27. The summed E-state index contributed by atoms with van der Waals surface area (Å²) in [7, 11) is 0. The molecule has 1 amide bonds. The summed E-state index contributed by atoms with van der Waals surface area (Å²) in [5.41, 5.74) is 3.33. The van der Waals surface area contributed by atoms with Crippen LogP contribution < -0.4 is 0 Å². The van der Waals surface area contributed by atoms with Gasteiger partial charge in [-0.05, 0) is 29.8 Å². The van der Waals surface area contributed by atoms with E-state index < -0.39 is 0 Å². The van der Waals surface area contributed by atoms with Crippen LogP contribution in [-0.4, -0.2) is 41.7 Å². The van der Waals surface area contributed by atoms with Crippen molar-refractivity contribution < 1.29 is 9.53 Å². The van der Waals surface area contributed by atoms with Crippen molar-refractivity contribution in [2.24, 2.45) is 0 Å². The molecule has 1 aromatic heterocycles. The Morgan fingerprint density at radius 2 is 1.97 bits per heavy atom. The predicted molar refractivity (Wildman–Crippen MR) is 117 cm³/mol. The lowest BCUT2D eigenvalue weighted by atomic mass is 10.0. The van der Waals surface area contributed by atoms with Crippen molar-refractivity contribution in [3.8, 4) is 6.07 Å². The highest BCUT2D eigenvalue weighted by molar-refractivity contribution is 9.10. The summed E-state index contributed by atoms with van der Waals surface area (Å²) in [6.45, 7) is 2.71. The number of hydrogen-bond donors (Lipinski definition) is 0. The predicted octanol–water partition coefficient (Wildman–Crippen LogP) is 4.33. The molecular weight excluding hydrogens is 430 g/mol. The number of amides is 1. The number of ether oxygens (including phenoxy) is 1. The molecule has 0 aliphatic carbocycles. The number of carbonyl (C=O) groups excluding carboxylic acids is 1. The van der Waals surface area contributed by atoms with Crippen molar-refractivity contribution in [2.75, 3.05) is 26.3 Å². The molecule has 146 valence electrons. The number of benzene rings is 2. The van der Waals surface area contributed by atoms with Gasteiger partial charge in [0.15, 0.2) is 0 Å². The summed E-state index contributed by atoms with van der Waals surface area (Å²) >= 11 is 3.46. The molecule has 0 spiro atoms. The van der Waals surface area contributed by atoms with Gasteiger partial charge in [-0.15, -0.1) is 0 Å².